The van der Waals surface area contributed by atoms with E-state index in [1.807, 2.05) is 17.9 Å². The summed E-state index contributed by atoms with van der Waals surface area (Å²) in [6.45, 7) is 8.37. The molecule has 1 aromatic rings. The molecule has 0 aliphatic rings. The molecule has 4 heteroatoms. The molecule has 0 N–H and O–H groups in total. The second-order valence-corrected chi connectivity index (χ2v) is 5.23. The molecule has 1 aromatic heterocycles. The summed E-state index contributed by atoms with van der Waals surface area (Å²) in [5.74, 6) is 1.74. The van der Waals surface area contributed by atoms with Crippen molar-refractivity contribution in [3.05, 3.63) is 18.1 Å². The Morgan fingerprint density at radius 1 is 1.25 bits per heavy atom. The van der Waals surface area contributed by atoms with Gasteiger partial charge in [-0.25, -0.2) is 9.97 Å². The minimum absolute atomic E-state index is 0.162. The van der Waals surface area contributed by atoms with E-state index in [4.69, 9.17) is 0 Å². The highest BCUT2D eigenvalue weighted by Crippen LogP contribution is 2.19. The molecule has 0 bridgehead atoms. The van der Waals surface area contributed by atoms with E-state index in [2.05, 4.69) is 30.7 Å². The van der Waals surface area contributed by atoms with Gasteiger partial charge < -0.3 is 0 Å². The van der Waals surface area contributed by atoms with E-state index in [0.29, 0.717) is 6.42 Å². The average Bonchev–Trinajstić information content (AvgIpc) is 2.40. The van der Waals surface area contributed by atoms with Gasteiger partial charge in [-0.05, 0) is 32.3 Å². The van der Waals surface area contributed by atoms with Crippen LogP contribution in [-0.2, 0) is 11.2 Å². The number of carbonyl (C=O) groups is 1. The van der Waals surface area contributed by atoms with Gasteiger partial charge in [0.1, 0.15) is 11.6 Å². The van der Waals surface area contributed by atoms with Gasteiger partial charge >= 0.3 is 0 Å². The Labute approximate surface area is 122 Å². The lowest BCUT2D eigenvalue weighted by Gasteiger charge is -2.28. The lowest BCUT2D eigenvalue weighted by molar-refractivity contribution is -0.119. The van der Waals surface area contributed by atoms with Crippen LogP contribution in [0.25, 0.3) is 0 Å². The maximum atomic E-state index is 12.4. The number of aromatic nitrogens is 2. The van der Waals surface area contributed by atoms with Gasteiger partial charge in [0, 0.05) is 25.1 Å². The van der Waals surface area contributed by atoms with Gasteiger partial charge in [-0.3, -0.25) is 9.69 Å². The molecular weight excluding hydrogens is 250 g/mol. The molecule has 0 spiro atoms. The Balaban J connectivity index is 3.02. The highest BCUT2D eigenvalue weighted by molar-refractivity contribution is 5.92. The SMILES string of the molecule is CCCC(=O)N(c1ccnc(CCC)n1)C(C)CCC. The maximum absolute atomic E-state index is 12.4. The van der Waals surface area contributed by atoms with Crippen LogP contribution in [-0.4, -0.2) is 21.9 Å². The lowest BCUT2D eigenvalue weighted by Crippen LogP contribution is -2.39. The van der Waals surface area contributed by atoms with E-state index in [0.717, 1.165) is 43.7 Å². The summed E-state index contributed by atoms with van der Waals surface area (Å²) < 4.78 is 0. The van der Waals surface area contributed by atoms with Crippen LogP contribution in [0.1, 0.15) is 65.6 Å². The summed E-state index contributed by atoms with van der Waals surface area (Å²) in [6, 6.07) is 2.03. The molecular formula is C16H27N3O. The minimum atomic E-state index is 0.162. The molecule has 0 saturated carbocycles. The second kappa shape index (κ2) is 8.67. The zero-order valence-electron chi connectivity index (χ0n) is 13.2. The van der Waals surface area contributed by atoms with Crippen molar-refractivity contribution < 1.29 is 4.79 Å². The summed E-state index contributed by atoms with van der Waals surface area (Å²) in [4.78, 5) is 23.1. The minimum Gasteiger partial charge on any atom is -0.294 e. The topological polar surface area (TPSA) is 46.1 Å². The molecule has 1 unspecified atom stereocenters. The lowest BCUT2D eigenvalue weighted by atomic mass is 10.1. The molecule has 0 aliphatic carbocycles. The van der Waals surface area contributed by atoms with E-state index >= 15 is 0 Å². The summed E-state index contributed by atoms with van der Waals surface area (Å²) in [6.07, 6.45) is 7.11. The van der Waals surface area contributed by atoms with Crippen LogP contribution in [0.5, 0.6) is 0 Å². The second-order valence-electron chi connectivity index (χ2n) is 5.23. The van der Waals surface area contributed by atoms with Crippen molar-refractivity contribution in [2.75, 3.05) is 4.90 Å². The molecule has 0 radical (unpaired) electrons. The number of hydrogen-bond acceptors (Lipinski definition) is 3. The van der Waals surface area contributed by atoms with Gasteiger partial charge in [-0.2, -0.15) is 0 Å². The van der Waals surface area contributed by atoms with Crippen LogP contribution in [0.2, 0.25) is 0 Å². The third-order valence-electron chi connectivity index (χ3n) is 3.29. The van der Waals surface area contributed by atoms with Crippen molar-refractivity contribution in [1.29, 1.82) is 0 Å². The first-order valence-electron chi connectivity index (χ1n) is 7.77. The predicted molar refractivity (Wildman–Crippen MR) is 82.8 cm³/mol. The van der Waals surface area contributed by atoms with Gasteiger partial charge in [0.2, 0.25) is 5.91 Å². The Morgan fingerprint density at radius 2 is 2.00 bits per heavy atom. The molecule has 1 rings (SSSR count). The molecule has 1 heterocycles. The Bertz CT molecular complexity index is 420. The van der Waals surface area contributed by atoms with Crippen LogP contribution >= 0.6 is 0 Å². The molecule has 4 nitrogen and oxygen atoms in total. The fourth-order valence-electron chi connectivity index (χ4n) is 2.35. The van der Waals surface area contributed by atoms with Gasteiger partial charge in [0.15, 0.2) is 0 Å². The number of amides is 1. The molecule has 0 saturated heterocycles. The van der Waals surface area contributed by atoms with Crippen molar-refractivity contribution in [2.45, 2.75) is 72.3 Å². The van der Waals surface area contributed by atoms with Gasteiger partial charge in [-0.15, -0.1) is 0 Å². The third kappa shape index (κ3) is 4.58. The van der Waals surface area contributed by atoms with Crippen molar-refractivity contribution in [1.82, 2.24) is 9.97 Å². The number of hydrogen-bond donors (Lipinski definition) is 0. The fraction of sp³-hybridized carbons (Fsp3) is 0.688. The highest BCUT2D eigenvalue weighted by atomic mass is 16.2. The van der Waals surface area contributed by atoms with E-state index in [-0.39, 0.29) is 11.9 Å². The van der Waals surface area contributed by atoms with E-state index in [9.17, 15) is 4.79 Å². The monoisotopic (exact) mass is 277 g/mol. The van der Waals surface area contributed by atoms with Crippen LogP contribution < -0.4 is 4.90 Å². The Kier molecular flexibility index (Phi) is 7.20. The number of aryl methyl sites for hydroxylation is 1. The van der Waals surface area contributed by atoms with Gasteiger partial charge in [-0.1, -0.05) is 27.2 Å². The van der Waals surface area contributed by atoms with Crippen LogP contribution in [0.3, 0.4) is 0 Å². The average molecular weight is 277 g/mol. The molecule has 0 aliphatic heterocycles. The first-order valence-corrected chi connectivity index (χ1v) is 7.77. The largest absolute Gasteiger partial charge is 0.294 e. The summed E-state index contributed by atoms with van der Waals surface area (Å²) in [5, 5.41) is 0. The van der Waals surface area contributed by atoms with Crippen LogP contribution in [0.4, 0.5) is 5.82 Å². The predicted octanol–water partition coefficient (Wildman–Crippen LogP) is 3.75. The summed E-state index contributed by atoms with van der Waals surface area (Å²) in [5.41, 5.74) is 0. The smallest absolute Gasteiger partial charge is 0.228 e. The molecule has 20 heavy (non-hydrogen) atoms. The first-order chi connectivity index (χ1) is 9.63. The fourth-order valence-corrected chi connectivity index (χ4v) is 2.35. The van der Waals surface area contributed by atoms with Crippen molar-refractivity contribution in [2.24, 2.45) is 0 Å². The number of anilines is 1. The quantitative estimate of drug-likeness (QED) is 0.727. The van der Waals surface area contributed by atoms with Gasteiger partial charge in [0.05, 0.1) is 0 Å². The summed E-state index contributed by atoms with van der Waals surface area (Å²) in [7, 11) is 0. The molecule has 0 fully saturated rings. The normalized spacial score (nSPS) is 12.2. The third-order valence-corrected chi connectivity index (χ3v) is 3.29. The number of carbonyl (C=O) groups excluding carboxylic acids is 1. The van der Waals surface area contributed by atoms with E-state index in [1.54, 1.807) is 6.20 Å². The zero-order chi connectivity index (χ0) is 15.0. The molecule has 1 atom stereocenters. The first kappa shape index (κ1) is 16.6. The number of rotatable bonds is 8. The van der Waals surface area contributed by atoms with E-state index in [1.165, 1.54) is 0 Å². The maximum Gasteiger partial charge on any atom is 0.228 e. The van der Waals surface area contributed by atoms with Crippen molar-refractivity contribution in [3.8, 4) is 0 Å². The van der Waals surface area contributed by atoms with Crippen molar-refractivity contribution in [3.63, 3.8) is 0 Å². The van der Waals surface area contributed by atoms with Gasteiger partial charge in [0.25, 0.3) is 0 Å². The highest BCUT2D eigenvalue weighted by Gasteiger charge is 2.22. The molecule has 0 aromatic carbocycles. The summed E-state index contributed by atoms with van der Waals surface area (Å²) >= 11 is 0. The standard InChI is InChI=1S/C16H27N3O/c1-5-8-13(4)19(16(20)10-7-3)15-11-12-17-14(18-15)9-6-2/h11-13H,5-10H2,1-4H3. The van der Waals surface area contributed by atoms with Crippen LogP contribution in [0.15, 0.2) is 12.3 Å². The number of nitrogens with zero attached hydrogens (tertiary/aromatic N) is 3. The molecule has 1 amide bonds. The Morgan fingerprint density at radius 3 is 2.60 bits per heavy atom. The zero-order valence-corrected chi connectivity index (χ0v) is 13.2. The van der Waals surface area contributed by atoms with Crippen LogP contribution in [0, 0.1) is 0 Å². The van der Waals surface area contributed by atoms with Crippen molar-refractivity contribution >= 4 is 11.7 Å². The van der Waals surface area contributed by atoms with E-state index < -0.39 is 0 Å². The Hall–Kier alpha value is -1.45. The molecule has 112 valence electrons.